The molecule has 0 aliphatic carbocycles. The number of rotatable bonds is 6. The lowest BCUT2D eigenvalue weighted by Gasteiger charge is -2.02. The average molecular weight is 209 g/mol. The minimum atomic E-state index is -0.226. The van der Waals surface area contributed by atoms with Crippen molar-refractivity contribution in [3.63, 3.8) is 0 Å². The number of oxime groups is 1. The molecule has 0 aromatic carbocycles. The van der Waals surface area contributed by atoms with Gasteiger partial charge in [-0.05, 0) is 13.6 Å². The Kier molecular flexibility index (Phi) is 6.74. The van der Waals surface area contributed by atoms with Gasteiger partial charge in [0.2, 0.25) is 0 Å². The number of carbonyl (C=O) groups is 1. The van der Waals surface area contributed by atoms with Crippen LogP contribution in [0.15, 0.2) is 34.1 Å². The first-order valence-electron chi connectivity index (χ1n) is 4.37. The Balaban J connectivity index is 5.10. The number of allylic oxidation sites excluding steroid dienone is 3. The van der Waals surface area contributed by atoms with Gasteiger partial charge in [-0.3, -0.25) is 15.5 Å². The fraction of sp³-hybridized carbons (Fsp3) is 0.300. The number of nitrogens with two attached hydrogens (primary N) is 1. The van der Waals surface area contributed by atoms with E-state index < -0.39 is 0 Å². The second kappa shape index (κ2) is 7.64. The highest BCUT2D eigenvalue weighted by atomic mass is 16.6. The molecule has 0 atom stereocenters. The van der Waals surface area contributed by atoms with E-state index in [1.54, 1.807) is 12.2 Å². The van der Waals surface area contributed by atoms with Crippen LogP contribution in [-0.4, -0.2) is 24.9 Å². The van der Waals surface area contributed by atoms with Crippen LogP contribution in [-0.2, 0) is 9.63 Å². The van der Waals surface area contributed by atoms with Gasteiger partial charge in [-0.25, -0.2) is 0 Å². The Bertz CT molecular complexity index is 317. The van der Waals surface area contributed by atoms with E-state index in [9.17, 15) is 4.79 Å². The van der Waals surface area contributed by atoms with Crippen LogP contribution in [0.1, 0.15) is 13.8 Å². The van der Waals surface area contributed by atoms with Gasteiger partial charge in [-0.15, -0.1) is 0 Å². The summed E-state index contributed by atoms with van der Waals surface area (Å²) in [5.41, 5.74) is 5.82. The summed E-state index contributed by atoms with van der Waals surface area (Å²) in [7, 11) is 0. The first kappa shape index (κ1) is 13.2. The molecule has 0 saturated carbocycles. The van der Waals surface area contributed by atoms with Crippen molar-refractivity contribution in [3.05, 3.63) is 23.9 Å². The van der Waals surface area contributed by atoms with Gasteiger partial charge in [0.1, 0.15) is 0 Å². The van der Waals surface area contributed by atoms with Crippen LogP contribution in [0.2, 0.25) is 0 Å². The van der Waals surface area contributed by atoms with Crippen LogP contribution >= 0.6 is 0 Å². The van der Waals surface area contributed by atoms with Gasteiger partial charge >= 0.3 is 0 Å². The van der Waals surface area contributed by atoms with Gasteiger partial charge in [0.15, 0.2) is 18.2 Å². The standard InChI is InChI=1S/C10H15N3O2/c1-4-5-9(6-12-3)10(8(2)14)13-15-7-11/h4-6H,3,7,11H2,1-2H3/b5-4-,9-6+,13-10+. The normalized spacial score (nSPS) is 13.0. The van der Waals surface area contributed by atoms with Gasteiger partial charge in [-0.1, -0.05) is 17.3 Å². The van der Waals surface area contributed by atoms with E-state index in [0.717, 1.165) is 0 Å². The molecule has 0 aromatic rings. The van der Waals surface area contributed by atoms with Crippen LogP contribution in [0.4, 0.5) is 0 Å². The highest BCUT2D eigenvalue weighted by molar-refractivity contribution is 6.46. The van der Waals surface area contributed by atoms with Crippen molar-refractivity contribution < 1.29 is 9.63 Å². The zero-order valence-electron chi connectivity index (χ0n) is 8.93. The van der Waals surface area contributed by atoms with Crippen LogP contribution in [0.3, 0.4) is 0 Å². The molecule has 0 aliphatic rings. The van der Waals surface area contributed by atoms with Crippen molar-refractivity contribution >= 4 is 18.2 Å². The predicted octanol–water partition coefficient (Wildman–Crippen LogP) is 1.02. The van der Waals surface area contributed by atoms with Gasteiger partial charge in [0.05, 0.1) is 0 Å². The molecule has 0 aromatic heterocycles. The van der Waals surface area contributed by atoms with Crippen LogP contribution < -0.4 is 5.73 Å². The lowest BCUT2D eigenvalue weighted by molar-refractivity contribution is -0.111. The molecule has 0 bridgehead atoms. The van der Waals surface area contributed by atoms with Crippen LogP contribution in [0.25, 0.3) is 0 Å². The van der Waals surface area contributed by atoms with E-state index in [1.165, 1.54) is 13.1 Å². The summed E-state index contributed by atoms with van der Waals surface area (Å²) in [4.78, 5) is 19.5. The largest absolute Gasteiger partial charge is 0.380 e. The van der Waals surface area contributed by atoms with Gasteiger partial charge in [-0.2, -0.15) is 0 Å². The van der Waals surface area contributed by atoms with E-state index in [2.05, 4.69) is 21.7 Å². The number of carbonyl (C=O) groups excluding carboxylic acids is 1. The smallest absolute Gasteiger partial charge is 0.182 e. The minimum Gasteiger partial charge on any atom is -0.380 e. The van der Waals surface area contributed by atoms with Crippen molar-refractivity contribution in [2.24, 2.45) is 15.9 Å². The molecular weight excluding hydrogens is 194 g/mol. The lowest BCUT2D eigenvalue weighted by atomic mass is 10.1. The zero-order chi connectivity index (χ0) is 11.7. The second-order valence-corrected chi connectivity index (χ2v) is 2.56. The fourth-order valence-corrected chi connectivity index (χ4v) is 0.883. The summed E-state index contributed by atoms with van der Waals surface area (Å²) >= 11 is 0. The maximum atomic E-state index is 11.3. The Hall–Kier alpha value is -1.75. The highest BCUT2D eigenvalue weighted by Crippen LogP contribution is 2.03. The van der Waals surface area contributed by atoms with Crippen LogP contribution in [0, 0.1) is 0 Å². The molecular formula is C10H15N3O2. The molecule has 5 heteroatoms. The quantitative estimate of drug-likeness (QED) is 0.307. The molecule has 2 N–H and O–H groups in total. The highest BCUT2D eigenvalue weighted by Gasteiger charge is 2.10. The molecule has 0 radical (unpaired) electrons. The number of ketones is 1. The Labute approximate surface area is 89.0 Å². The Morgan fingerprint density at radius 2 is 2.27 bits per heavy atom. The summed E-state index contributed by atoms with van der Waals surface area (Å²) in [6.07, 6.45) is 4.88. The van der Waals surface area contributed by atoms with Gasteiger partial charge in [0, 0.05) is 18.7 Å². The van der Waals surface area contributed by atoms with Crippen molar-refractivity contribution in [2.75, 3.05) is 6.73 Å². The number of Topliss-reactive ketones (excluding diaryl/α,β-unsaturated/α-hetero) is 1. The molecule has 0 saturated heterocycles. The molecule has 0 fully saturated rings. The molecule has 0 aliphatic heterocycles. The molecule has 0 spiro atoms. The first-order chi connectivity index (χ1) is 7.17. The molecule has 15 heavy (non-hydrogen) atoms. The SMILES string of the molecule is C=N/C=C(\C=C/C)C(=N/OCN)/C(C)=O. The summed E-state index contributed by atoms with van der Waals surface area (Å²) in [6, 6.07) is 0. The summed E-state index contributed by atoms with van der Waals surface area (Å²) in [6.45, 7) is 6.44. The van der Waals surface area contributed by atoms with Crippen molar-refractivity contribution in [1.29, 1.82) is 0 Å². The van der Waals surface area contributed by atoms with E-state index in [0.29, 0.717) is 5.57 Å². The van der Waals surface area contributed by atoms with E-state index in [-0.39, 0.29) is 18.2 Å². The Morgan fingerprint density at radius 3 is 2.67 bits per heavy atom. The second-order valence-electron chi connectivity index (χ2n) is 2.56. The topological polar surface area (TPSA) is 77.0 Å². The molecule has 82 valence electrons. The van der Waals surface area contributed by atoms with E-state index in [4.69, 9.17) is 5.73 Å². The van der Waals surface area contributed by atoms with Gasteiger partial charge < -0.3 is 4.84 Å². The van der Waals surface area contributed by atoms with E-state index in [1.807, 2.05) is 6.92 Å². The number of hydrogen-bond donors (Lipinski definition) is 1. The maximum Gasteiger partial charge on any atom is 0.182 e. The number of hydrogen-bond acceptors (Lipinski definition) is 5. The number of aliphatic imine (C=N–C) groups is 1. The average Bonchev–Trinajstić information content (AvgIpc) is 2.18. The monoisotopic (exact) mass is 209 g/mol. The molecule has 0 amide bonds. The summed E-state index contributed by atoms with van der Waals surface area (Å²) in [5, 5.41) is 3.61. The summed E-state index contributed by atoms with van der Waals surface area (Å²) in [5.74, 6) is -0.226. The van der Waals surface area contributed by atoms with Crippen LogP contribution in [0.5, 0.6) is 0 Å². The fourth-order valence-electron chi connectivity index (χ4n) is 0.883. The summed E-state index contributed by atoms with van der Waals surface area (Å²) < 4.78 is 0. The van der Waals surface area contributed by atoms with E-state index >= 15 is 0 Å². The zero-order valence-corrected chi connectivity index (χ0v) is 8.93. The maximum absolute atomic E-state index is 11.3. The van der Waals surface area contributed by atoms with Crippen molar-refractivity contribution in [1.82, 2.24) is 0 Å². The molecule has 0 rings (SSSR count). The third-order valence-electron chi connectivity index (χ3n) is 1.41. The van der Waals surface area contributed by atoms with Crippen molar-refractivity contribution in [2.45, 2.75) is 13.8 Å². The molecule has 5 nitrogen and oxygen atoms in total. The third kappa shape index (κ3) is 4.87. The lowest BCUT2D eigenvalue weighted by Crippen LogP contribution is -2.14. The Morgan fingerprint density at radius 1 is 1.60 bits per heavy atom. The third-order valence-corrected chi connectivity index (χ3v) is 1.41. The minimum absolute atomic E-state index is 0.0819. The van der Waals surface area contributed by atoms with Crippen molar-refractivity contribution in [3.8, 4) is 0 Å². The molecule has 0 unspecified atom stereocenters. The first-order valence-corrected chi connectivity index (χ1v) is 4.37. The molecule has 0 heterocycles. The predicted molar refractivity (Wildman–Crippen MR) is 60.7 cm³/mol. The van der Waals surface area contributed by atoms with Gasteiger partial charge in [0.25, 0.3) is 0 Å². The number of nitrogens with zero attached hydrogens (tertiary/aromatic N) is 2.